The Morgan fingerprint density at radius 3 is 1.37 bits per heavy atom. The molecule has 0 spiro atoms. The fraction of sp³-hybridized carbons (Fsp3) is 0.0577. The maximum atomic E-state index is 5.12. The summed E-state index contributed by atoms with van der Waals surface area (Å²) in [6.07, 6.45) is 0. The van der Waals surface area contributed by atoms with E-state index in [1.807, 2.05) is 12.1 Å². The molecule has 8 aromatic carbocycles. The van der Waals surface area contributed by atoms with Gasteiger partial charge in [0.05, 0.1) is 11.4 Å². The summed E-state index contributed by atoms with van der Waals surface area (Å²) in [7, 11) is 0. The Kier molecular flexibility index (Phi) is 8.57. The Balaban J connectivity index is 1.06. The Morgan fingerprint density at radius 2 is 0.815 bits per heavy atom. The van der Waals surface area contributed by atoms with Crippen molar-refractivity contribution in [1.82, 2.24) is 0 Å². The zero-order chi connectivity index (χ0) is 36.5. The van der Waals surface area contributed by atoms with Gasteiger partial charge in [-0.3, -0.25) is 0 Å². The van der Waals surface area contributed by atoms with Gasteiger partial charge in [-0.05, 0) is 93.0 Å². The van der Waals surface area contributed by atoms with Gasteiger partial charge in [0.15, 0.2) is 0 Å². The molecule has 8 aromatic rings. The lowest BCUT2D eigenvalue weighted by molar-refractivity contribution is 0.660. The van der Waals surface area contributed by atoms with E-state index in [2.05, 4.69) is 213 Å². The number of nitrogens with zero attached hydrogens (tertiary/aromatic N) is 2. The van der Waals surface area contributed by atoms with Gasteiger partial charge in [0.1, 0.15) is 0 Å². The average molecular weight is 693 g/mol. The molecule has 0 amide bonds. The van der Waals surface area contributed by atoms with Crippen molar-refractivity contribution in [3.63, 3.8) is 0 Å². The van der Waals surface area contributed by atoms with Crippen LogP contribution in [0.2, 0.25) is 0 Å². The molecular weight excluding hydrogens is 653 g/mol. The minimum absolute atomic E-state index is 0.0895. The molecule has 0 radical (unpaired) electrons. The van der Waals surface area contributed by atoms with Crippen molar-refractivity contribution in [3.05, 3.63) is 229 Å². The first-order valence-electron chi connectivity index (χ1n) is 18.6. The first-order valence-corrected chi connectivity index (χ1v) is 18.6. The van der Waals surface area contributed by atoms with Gasteiger partial charge >= 0.3 is 0 Å². The first kappa shape index (κ1) is 33.1. The van der Waals surface area contributed by atoms with E-state index >= 15 is 0 Å². The molecule has 0 fully saturated rings. The molecule has 0 aliphatic heterocycles. The topological polar surface area (TPSA) is 15.6 Å². The lowest BCUT2D eigenvalue weighted by Gasteiger charge is -2.28. The molecule has 258 valence electrons. The first-order chi connectivity index (χ1) is 26.5. The summed E-state index contributed by atoms with van der Waals surface area (Å²) >= 11 is 0. The summed E-state index contributed by atoms with van der Waals surface area (Å²) in [5.41, 5.74) is 17.5. The van der Waals surface area contributed by atoms with Crippen LogP contribution in [0.25, 0.3) is 33.4 Å². The van der Waals surface area contributed by atoms with Crippen molar-refractivity contribution >= 4 is 28.5 Å². The van der Waals surface area contributed by atoms with Crippen LogP contribution in [0.1, 0.15) is 36.1 Å². The second-order valence-electron chi connectivity index (χ2n) is 14.4. The van der Waals surface area contributed by atoms with E-state index in [1.54, 1.807) is 0 Å². The summed E-state index contributed by atoms with van der Waals surface area (Å²) in [5, 5.41) is 0. The largest absolute Gasteiger partial charge is 0.310 e. The Morgan fingerprint density at radius 1 is 0.389 bits per heavy atom. The predicted molar refractivity (Wildman–Crippen MR) is 228 cm³/mol. The van der Waals surface area contributed by atoms with Gasteiger partial charge in [-0.1, -0.05) is 172 Å². The van der Waals surface area contributed by atoms with Crippen molar-refractivity contribution in [2.75, 3.05) is 4.90 Å². The molecule has 0 unspecified atom stereocenters. The van der Waals surface area contributed by atoms with Crippen LogP contribution < -0.4 is 4.90 Å². The highest BCUT2D eigenvalue weighted by molar-refractivity contribution is 6.14. The molecule has 0 bridgehead atoms. The Bertz CT molecular complexity index is 2530. The monoisotopic (exact) mass is 692 g/mol. The Hall–Kier alpha value is -6.77. The van der Waals surface area contributed by atoms with Gasteiger partial charge in [0, 0.05) is 33.6 Å². The van der Waals surface area contributed by atoms with Crippen molar-refractivity contribution in [3.8, 4) is 33.4 Å². The van der Waals surface area contributed by atoms with Crippen molar-refractivity contribution < 1.29 is 0 Å². The minimum atomic E-state index is -0.0895. The lowest BCUT2D eigenvalue weighted by atomic mass is 9.82. The van der Waals surface area contributed by atoms with Crippen LogP contribution in [-0.4, -0.2) is 5.71 Å². The minimum Gasteiger partial charge on any atom is -0.310 e. The molecule has 0 heterocycles. The van der Waals surface area contributed by atoms with Crippen LogP contribution in [-0.2, 0) is 5.41 Å². The van der Waals surface area contributed by atoms with E-state index in [4.69, 9.17) is 4.99 Å². The van der Waals surface area contributed by atoms with Gasteiger partial charge in [-0.25, -0.2) is 4.99 Å². The summed E-state index contributed by atoms with van der Waals surface area (Å²) in [4.78, 5) is 7.50. The Labute approximate surface area is 318 Å². The highest BCUT2D eigenvalue weighted by Crippen LogP contribution is 2.50. The van der Waals surface area contributed by atoms with E-state index in [0.717, 1.165) is 50.7 Å². The van der Waals surface area contributed by atoms with E-state index in [9.17, 15) is 0 Å². The van der Waals surface area contributed by atoms with Gasteiger partial charge in [0.25, 0.3) is 0 Å². The van der Waals surface area contributed by atoms with E-state index < -0.39 is 0 Å². The van der Waals surface area contributed by atoms with Crippen molar-refractivity contribution in [1.29, 1.82) is 0 Å². The maximum Gasteiger partial charge on any atom is 0.0781 e. The van der Waals surface area contributed by atoms with E-state index in [-0.39, 0.29) is 5.41 Å². The predicted octanol–water partition coefficient (Wildman–Crippen LogP) is 14.0. The van der Waals surface area contributed by atoms with Crippen LogP contribution in [0.15, 0.2) is 211 Å². The smallest absolute Gasteiger partial charge is 0.0781 e. The number of aliphatic imine (C=N–C) groups is 1. The summed E-state index contributed by atoms with van der Waals surface area (Å²) in [6.45, 7) is 4.69. The summed E-state index contributed by atoms with van der Waals surface area (Å²) in [6, 6.07) is 73.6. The van der Waals surface area contributed by atoms with E-state index in [0.29, 0.717) is 0 Å². The number of rotatable bonds is 8. The molecule has 0 atom stereocenters. The third-order valence-electron chi connectivity index (χ3n) is 10.7. The van der Waals surface area contributed by atoms with Crippen LogP contribution >= 0.6 is 0 Å². The molecule has 0 saturated heterocycles. The molecule has 2 nitrogen and oxygen atoms in total. The van der Waals surface area contributed by atoms with Gasteiger partial charge in [-0.15, -0.1) is 0 Å². The second-order valence-corrected chi connectivity index (χ2v) is 14.4. The highest BCUT2D eigenvalue weighted by atomic mass is 15.1. The SMILES string of the molecule is CC1(C)c2ccccc2-c2ccc(N(c3ccc(-c4ccccc4)cc3)c3ccc(-c4ccc(N=C(c5ccccc5)c5ccccc5)cc4)cc3)cc21. The fourth-order valence-electron chi connectivity index (χ4n) is 7.86. The van der Waals surface area contributed by atoms with Gasteiger partial charge < -0.3 is 4.90 Å². The second kappa shape index (κ2) is 14.0. The number of hydrogen-bond acceptors (Lipinski definition) is 2. The average Bonchev–Trinajstić information content (AvgIpc) is 3.47. The highest BCUT2D eigenvalue weighted by Gasteiger charge is 2.35. The summed E-state index contributed by atoms with van der Waals surface area (Å²) < 4.78 is 0. The molecule has 1 aliphatic rings. The number of hydrogen-bond donors (Lipinski definition) is 0. The van der Waals surface area contributed by atoms with Crippen LogP contribution in [0.5, 0.6) is 0 Å². The quantitative estimate of drug-likeness (QED) is 0.145. The normalized spacial score (nSPS) is 12.4. The van der Waals surface area contributed by atoms with Crippen molar-refractivity contribution in [2.24, 2.45) is 4.99 Å². The third kappa shape index (κ3) is 6.22. The zero-order valence-electron chi connectivity index (χ0n) is 30.5. The number of fused-ring (bicyclic) bond motifs is 3. The maximum absolute atomic E-state index is 5.12. The molecule has 0 N–H and O–H groups in total. The summed E-state index contributed by atoms with van der Waals surface area (Å²) in [5.74, 6) is 0. The number of benzene rings is 8. The van der Waals surface area contributed by atoms with Gasteiger partial charge in [0.2, 0.25) is 0 Å². The van der Waals surface area contributed by atoms with Crippen LogP contribution in [0.4, 0.5) is 22.7 Å². The molecule has 2 heteroatoms. The molecule has 9 rings (SSSR count). The molecular formula is C52H40N2. The van der Waals surface area contributed by atoms with Crippen molar-refractivity contribution in [2.45, 2.75) is 19.3 Å². The van der Waals surface area contributed by atoms with Crippen LogP contribution in [0.3, 0.4) is 0 Å². The van der Waals surface area contributed by atoms with E-state index in [1.165, 1.54) is 33.4 Å². The fourth-order valence-corrected chi connectivity index (χ4v) is 7.86. The molecule has 0 aromatic heterocycles. The molecule has 54 heavy (non-hydrogen) atoms. The van der Waals surface area contributed by atoms with Gasteiger partial charge in [-0.2, -0.15) is 0 Å². The zero-order valence-corrected chi connectivity index (χ0v) is 30.5. The third-order valence-corrected chi connectivity index (χ3v) is 10.7. The lowest BCUT2D eigenvalue weighted by Crippen LogP contribution is -2.16. The standard InChI is InChI=1S/C52H40N2/c1-52(2)49-21-13-12-20-47(49)48-35-34-46(36-50(48)52)54(44-30-24-39(25-31-44)37-14-6-3-7-15-37)45-32-26-40(27-33-45)38-22-28-43(29-23-38)53-51(41-16-8-4-9-17-41)42-18-10-5-11-19-42/h3-36H,1-2H3. The number of anilines is 3. The molecule has 0 saturated carbocycles. The molecule has 1 aliphatic carbocycles. The van der Waals surface area contributed by atoms with Crippen LogP contribution in [0, 0.1) is 0 Å².